The SMILES string of the molecule is CC.CCCCC.CNc1ccc(Cl)c(-c2nccc3ccsc23)c1.O=Cc1ccc(N2CCCS2=O)cc1. The second-order valence-electron chi connectivity index (χ2n) is 8.49. The van der Waals surface area contributed by atoms with E-state index in [4.69, 9.17) is 11.6 Å². The highest BCUT2D eigenvalue weighted by Crippen LogP contribution is 2.35. The Morgan fingerprint density at radius 2 is 1.79 bits per heavy atom. The molecule has 5 rings (SSSR count). The molecule has 3 heterocycles. The van der Waals surface area contributed by atoms with E-state index in [2.05, 4.69) is 35.6 Å². The van der Waals surface area contributed by atoms with E-state index >= 15 is 0 Å². The van der Waals surface area contributed by atoms with E-state index in [0.29, 0.717) is 5.56 Å². The standard InChI is InChI=1S/C14H11ClN2S.C10H11NO2S.C5H12.C2H6/c1-16-10-2-3-12(15)11(8-10)13-14-9(4-6-17-13)5-7-18-14;12-8-9-2-4-10(5-3-9)11-6-1-7-14(11)13;1-3-5-4-2;1-2/h2-8,16H,1H3;2-5,8H,1,6-7H2;3-5H2,1-2H3;1-2H3. The van der Waals surface area contributed by atoms with Crippen molar-refractivity contribution in [1.29, 1.82) is 0 Å². The fourth-order valence-electron chi connectivity index (χ4n) is 3.81. The highest BCUT2D eigenvalue weighted by molar-refractivity contribution is 7.86. The van der Waals surface area contributed by atoms with Crippen LogP contribution in [0.4, 0.5) is 11.4 Å². The predicted octanol–water partition coefficient (Wildman–Crippen LogP) is 9.25. The summed E-state index contributed by atoms with van der Waals surface area (Å²) in [5, 5.41) is 7.13. The maximum Gasteiger partial charge on any atom is 0.150 e. The molecule has 0 radical (unpaired) electrons. The monoisotopic (exact) mass is 585 g/mol. The Balaban J connectivity index is 0.000000226. The van der Waals surface area contributed by atoms with Gasteiger partial charge in [-0.2, -0.15) is 0 Å². The van der Waals surface area contributed by atoms with Crippen LogP contribution >= 0.6 is 22.9 Å². The van der Waals surface area contributed by atoms with Crippen LogP contribution in [0.25, 0.3) is 21.3 Å². The predicted molar refractivity (Wildman–Crippen MR) is 173 cm³/mol. The van der Waals surface area contributed by atoms with E-state index in [-0.39, 0.29) is 0 Å². The van der Waals surface area contributed by atoms with Gasteiger partial charge in [-0.25, -0.2) is 4.21 Å². The molecule has 0 aliphatic carbocycles. The topological polar surface area (TPSA) is 62.3 Å². The third-order valence-electron chi connectivity index (χ3n) is 5.83. The number of carbonyl (C=O) groups excluding carboxylic acids is 1. The molecule has 1 fully saturated rings. The van der Waals surface area contributed by atoms with Gasteiger partial charge in [-0.05, 0) is 71.8 Å². The summed E-state index contributed by atoms with van der Waals surface area (Å²) >= 11 is 7.98. The first-order valence-electron chi connectivity index (χ1n) is 13.5. The Morgan fingerprint density at radius 3 is 2.36 bits per heavy atom. The van der Waals surface area contributed by atoms with E-state index < -0.39 is 11.0 Å². The number of benzene rings is 2. The van der Waals surface area contributed by atoms with Gasteiger partial charge < -0.3 is 5.32 Å². The lowest BCUT2D eigenvalue weighted by Gasteiger charge is -2.15. The van der Waals surface area contributed by atoms with Gasteiger partial charge >= 0.3 is 0 Å². The summed E-state index contributed by atoms with van der Waals surface area (Å²) < 4.78 is 14.5. The highest BCUT2D eigenvalue weighted by Gasteiger charge is 2.19. The zero-order chi connectivity index (χ0) is 28.6. The van der Waals surface area contributed by atoms with Gasteiger partial charge in [-0.1, -0.05) is 58.6 Å². The summed E-state index contributed by atoms with van der Waals surface area (Å²) in [6.07, 6.45) is 7.69. The van der Waals surface area contributed by atoms with Gasteiger partial charge in [0.1, 0.15) is 17.3 Å². The van der Waals surface area contributed by atoms with Gasteiger partial charge in [0.25, 0.3) is 0 Å². The molecular formula is C31H40ClN3O2S2. The third kappa shape index (κ3) is 9.45. The molecule has 2 aromatic heterocycles. The van der Waals surface area contributed by atoms with Gasteiger partial charge in [0.05, 0.1) is 15.4 Å². The number of unbranched alkanes of at least 4 members (excludes halogenated alkanes) is 2. The third-order valence-corrected chi connectivity index (χ3v) is 8.62. The first kappa shape index (κ1) is 32.5. The number of aromatic nitrogens is 1. The lowest BCUT2D eigenvalue weighted by molar-refractivity contribution is 0.112. The van der Waals surface area contributed by atoms with Gasteiger partial charge in [0.2, 0.25) is 0 Å². The molecule has 1 unspecified atom stereocenters. The quantitative estimate of drug-likeness (QED) is 0.229. The number of pyridine rings is 1. The van der Waals surface area contributed by atoms with Crippen LogP contribution in [-0.2, 0) is 11.0 Å². The molecule has 0 spiro atoms. The number of thiophene rings is 1. The number of hydrogen-bond donors (Lipinski definition) is 1. The number of aldehydes is 1. The summed E-state index contributed by atoms with van der Waals surface area (Å²) in [4.78, 5) is 14.9. The van der Waals surface area contributed by atoms with Crippen LogP contribution in [0.5, 0.6) is 0 Å². The summed E-state index contributed by atoms with van der Waals surface area (Å²) in [6.45, 7) is 9.26. The van der Waals surface area contributed by atoms with Crippen LogP contribution in [0.2, 0.25) is 5.02 Å². The van der Waals surface area contributed by atoms with Crippen molar-refractivity contribution >= 4 is 61.7 Å². The average Bonchev–Trinajstić information content (AvgIpc) is 3.65. The smallest absolute Gasteiger partial charge is 0.150 e. The second kappa shape index (κ2) is 17.8. The molecule has 1 atom stereocenters. The number of fused-ring (bicyclic) bond motifs is 1. The van der Waals surface area contributed by atoms with Crippen LogP contribution < -0.4 is 9.62 Å². The molecule has 39 heavy (non-hydrogen) atoms. The van der Waals surface area contributed by atoms with Crippen LogP contribution in [-0.4, -0.2) is 34.8 Å². The van der Waals surface area contributed by atoms with E-state index in [9.17, 15) is 9.00 Å². The lowest BCUT2D eigenvalue weighted by atomic mass is 10.1. The summed E-state index contributed by atoms with van der Waals surface area (Å²) in [5.41, 5.74) is 4.54. The maximum atomic E-state index is 11.5. The van der Waals surface area contributed by atoms with Crippen molar-refractivity contribution in [1.82, 2.24) is 4.98 Å². The van der Waals surface area contributed by atoms with Gasteiger partial charge in [0, 0.05) is 48.0 Å². The van der Waals surface area contributed by atoms with Crippen LogP contribution in [0, 0.1) is 0 Å². The first-order valence-corrected chi connectivity index (χ1v) is 16.1. The molecule has 8 heteroatoms. The van der Waals surface area contributed by atoms with Crippen molar-refractivity contribution < 1.29 is 9.00 Å². The number of carbonyl (C=O) groups is 1. The minimum atomic E-state index is -0.875. The number of nitrogens with one attached hydrogen (secondary N) is 1. The molecule has 1 aliphatic heterocycles. The molecule has 1 aliphatic rings. The zero-order valence-electron chi connectivity index (χ0n) is 23.6. The van der Waals surface area contributed by atoms with Crippen LogP contribution in [0.3, 0.4) is 0 Å². The molecule has 210 valence electrons. The number of anilines is 2. The van der Waals surface area contributed by atoms with Crippen molar-refractivity contribution in [2.24, 2.45) is 0 Å². The molecule has 2 aromatic carbocycles. The first-order chi connectivity index (χ1) is 19.0. The Morgan fingerprint density at radius 1 is 1.08 bits per heavy atom. The minimum absolute atomic E-state index is 0.652. The number of rotatable bonds is 6. The lowest BCUT2D eigenvalue weighted by Crippen LogP contribution is -2.19. The Kier molecular flexibility index (Phi) is 14.8. The number of hydrogen-bond acceptors (Lipinski definition) is 5. The zero-order valence-corrected chi connectivity index (χ0v) is 26.0. The fourth-order valence-corrected chi connectivity index (χ4v) is 6.20. The number of halogens is 1. The minimum Gasteiger partial charge on any atom is -0.388 e. The van der Waals surface area contributed by atoms with Gasteiger partial charge in [0.15, 0.2) is 0 Å². The summed E-state index contributed by atoms with van der Waals surface area (Å²) in [5.74, 6) is 0.745. The molecule has 4 aromatic rings. The molecule has 0 saturated carbocycles. The van der Waals surface area contributed by atoms with Gasteiger partial charge in [-0.15, -0.1) is 11.3 Å². The molecule has 5 nitrogen and oxygen atoms in total. The van der Waals surface area contributed by atoms with Crippen molar-refractivity contribution in [2.75, 3.05) is 29.0 Å². The molecule has 0 amide bonds. The van der Waals surface area contributed by atoms with Crippen molar-refractivity contribution in [3.63, 3.8) is 0 Å². The van der Waals surface area contributed by atoms with E-state index in [1.165, 1.54) is 29.3 Å². The van der Waals surface area contributed by atoms with E-state index in [1.807, 2.05) is 67.8 Å². The largest absolute Gasteiger partial charge is 0.388 e. The highest BCUT2D eigenvalue weighted by atomic mass is 35.5. The van der Waals surface area contributed by atoms with Crippen LogP contribution in [0.15, 0.2) is 66.2 Å². The van der Waals surface area contributed by atoms with Crippen molar-refractivity contribution in [2.45, 2.75) is 53.4 Å². The van der Waals surface area contributed by atoms with E-state index in [0.717, 1.165) is 52.7 Å². The van der Waals surface area contributed by atoms with Crippen molar-refractivity contribution in [3.8, 4) is 11.3 Å². The van der Waals surface area contributed by atoms with Gasteiger partial charge in [-0.3, -0.25) is 14.1 Å². The molecule has 0 bridgehead atoms. The fraction of sp³-hybridized carbons (Fsp3) is 0.355. The molecular weight excluding hydrogens is 546 g/mol. The summed E-state index contributed by atoms with van der Waals surface area (Å²) in [7, 11) is 1.02. The Labute approximate surface area is 245 Å². The number of nitrogens with zero attached hydrogens (tertiary/aromatic N) is 2. The Hall–Kier alpha value is -2.74. The summed E-state index contributed by atoms with van der Waals surface area (Å²) in [6, 6.07) is 17.2. The maximum absolute atomic E-state index is 11.5. The van der Waals surface area contributed by atoms with Crippen molar-refractivity contribution in [3.05, 3.63) is 76.8 Å². The van der Waals surface area contributed by atoms with Crippen LogP contribution in [0.1, 0.15) is 63.7 Å². The normalized spacial score (nSPS) is 13.8. The molecule has 1 N–H and O–H groups in total. The Bertz CT molecular complexity index is 1310. The second-order valence-corrected chi connectivity index (χ2v) is 11.3. The van der Waals surface area contributed by atoms with E-state index in [1.54, 1.807) is 23.5 Å². The average molecular weight is 586 g/mol. The molecule has 1 saturated heterocycles.